The molecule has 128 valence electrons. The van der Waals surface area contributed by atoms with Crippen molar-refractivity contribution < 1.29 is 14.3 Å². The van der Waals surface area contributed by atoms with Crippen molar-refractivity contribution in [2.24, 2.45) is 0 Å². The molecule has 0 aliphatic rings. The fourth-order valence-corrected chi connectivity index (χ4v) is 2.09. The summed E-state index contributed by atoms with van der Waals surface area (Å²) in [5.74, 6) is 1.62. The molecule has 0 radical (unpaired) electrons. The molecule has 7 heteroatoms. The molecular formula is C17H22N4O3. The fourth-order valence-electron chi connectivity index (χ4n) is 2.09. The lowest BCUT2D eigenvalue weighted by Crippen LogP contribution is -2.24. The predicted molar refractivity (Wildman–Crippen MR) is 91.5 cm³/mol. The summed E-state index contributed by atoms with van der Waals surface area (Å²) in [5.41, 5.74) is 1.16. The van der Waals surface area contributed by atoms with Crippen molar-refractivity contribution >= 4 is 11.7 Å². The molecule has 24 heavy (non-hydrogen) atoms. The van der Waals surface area contributed by atoms with Crippen molar-refractivity contribution in [3.05, 3.63) is 41.6 Å². The lowest BCUT2D eigenvalue weighted by Gasteiger charge is -2.10. The van der Waals surface area contributed by atoms with Crippen LogP contribution in [0.5, 0.6) is 11.5 Å². The van der Waals surface area contributed by atoms with Crippen LogP contribution in [0.4, 0.5) is 5.82 Å². The van der Waals surface area contributed by atoms with Crippen LogP contribution in [0.15, 0.2) is 30.3 Å². The number of methoxy groups -OCH3 is 2. The predicted octanol–water partition coefficient (Wildman–Crippen LogP) is 2.24. The van der Waals surface area contributed by atoms with E-state index in [1.807, 2.05) is 26.0 Å². The van der Waals surface area contributed by atoms with Gasteiger partial charge in [-0.1, -0.05) is 6.07 Å². The van der Waals surface area contributed by atoms with Gasteiger partial charge in [0.15, 0.2) is 17.2 Å². The number of carbonyl (C=O) groups is 1. The highest BCUT2D eigenvalue weighted by molar-refractivity contribution is 5.92. The lowest BCUT2D eigenvalue weighted by molar-refractivity contribution is 0.0945. The van der Waals surface area contributed by atoms with Gasteiger partial charge in [0.2, 0.25) is 0 Å². The Morgan fingerprint density at radius 1 is 1.08 bits per heavy atom. The minimum absolute atomic E-state index is 0.254. The number of hydrogen-bond donors (Lipinski definition) is 2. The molecule has 1 aromatic carbocycles. The van der Waals surface area contributed by atoms with Crippen LogP contribution < -0.4 is 20.1 Å². The Labute approximate surface area is 141 Å². The molecule has 0 saturated heterocycles. The van der Waals surface area contributed by atoms with Crippen molar-refractivity contribution in [2.75, 3.05) is 19.5 Å². The van der Waals surface area contributed by atoms with Gasteiger partial charge < -0.3 is 20.1 Å². The molecule has 2 rings (SSSR count). The number of hydrogen-bond acceptors (Lipinski definition) is 6. The molecule has 0 fully saturated rings. The minimum Gasteiger partial charge on any atom is -0.493 e. The van der Waals surface area contributed by atoms with E-state index in [1.165, 1.54) is 0 Å². The van der Waals surface area contributed by atoms with Crippen molar-refractivity contribution in [1.82, 2.24) is 15.5 Å². The smallest absolute Gasteiger partial charge is 0.272 e. The summed E-state index contributed by atoms with van der Waals surface area (Å²) in [5, 5.41) is 13.8. The Hall–Kier alpha value is -2.83. The monoisotopic (exact) mass is 330 g/mol. The topological polar surface area (TPSA) is 85.4 Å². The molecule has 0 aliphatic carbocycles. The number of nitrogens with one attached hydrogen (secondary N) is 2. The minimum atomic E-state index is -0.284. The number of anilines is 1. The SMILES string of the molecule is COc1ccc(CNC(=O)c2ccc(NC(C)C)nn2)cc1OC. The van der Waals surface area contributed by atoms with Gasteiger partial charge in [0, 0.05) is 12.6 Å². The van der Waals surface area contributed by atoms with Gasteiger partial charge in [-0.3, -0.25) is 4.79 Å². The molecule has 0 bridgehead atoms. The zero-order valence-corrected chi connectivity index (χ0v) is 14.3. The number of nitrogens with zero attached hydrogens (tertiary/aromatic N) is 2. The number of rotatable bonds is 7. The van der Waals surface area contributed by atoms with Gasteiger partial charge in [-0.2, -0.15) is 0 Å². The van der Waals surface area contributed by atoms with E-state index in [-0.39, 0.29) is 17.6 Å². The van der Waals surface area contributed by atoms with E-state index in [0.717, 1.165) is 5.56 Å². The summed E-state index contributed by atoms with van der Waals surface area (Å²) >= 11 is 0. The van der Waals surface area contributed by atoms with E-state index in [0.29, 0.717) is 23.9 Å². The van der Waals surface area contributed by atoms with Crippen molar-refractivity contribution in [3.8, 4) is 11.5 Å². The summed E-state index contributed by atoms with van der Waals surface area (Å²) in [6, 6.07) is 9.11. The third-order valence-electron chi connectivity index (χ3n) is 3.23. The van der Waals surface area contributed by atoms with Crippen LogP contribution in [0.3, 0.4) is 0 Å². The second-order valence-corrected chi connectivity index (χ2v) is 5.47. The second kappa shape index (κ2) is 8.14. The molecule has 0 atom stereocenters. The largest absolute Gasteiger partial charge is 0.493 e. The number of aromatic nitrogens is 2. The van der Waals surface area contributed by atoms with Crippen LogP contribution in [-0.2, 0) is 6.54 Å². The molecule has 0 spiro atoms. The van der Waals surface area contributed by atoms with Crippen LogP contribution in [-0.4, -0.2) is 36.4 Å². The van der Waals surface area contributed by atoms with Gasteiger partial charge in [0.25, 0.3) is 5.91 Å². The standard InChI is InChI=1S/C17H22N4O3/c1-11(2)19-16-8-6-13(20-21-16)17(22)18-10-12-5-7-14(23-3)15(9-12)24-4/h5-9,11H,10H2,1-4H3,(H,18,22)(H,19,21). The Kier molecular flexibility index (Phi) is 5.95. The van der Waals surface area contributed by atoms with Gasteiger partial charge >= 0.3 is 0 Å². The number of ether oxygens (including phenoxy) is 2. The van der Waals surface area contributed by atoms with Crippen molar-refractivity contribution in [3.63, 3.8) is 0 Å². The average molecular weight is 330 g/mol. The highest BCUT2D eigenvalue weighted by Gasteiger charge is 2.10. The zero-order valence-electron chi connectivity index (χ0n) is 14.3. The lowest BCUT2D eigenvalue weighted by atomic mass is 10.2. The van der Waals surface area contributed by atoms with Crippen LogP contribution in [0.2, 0.25) is 0 Å². The highest BCUT2D eigenvalue weighted by Crippen LogP contribution is 2.27. The van der Waals surface area contributed by atoms with E-state index in [1.54, 1.807) is 32.4 Å². The third-order valence-corrected chi connectivity index (χ3v) is 3.23. The zero-order chi connectivity index (χ0) is 17.5. The summed E-state index contributed by atoms with van der Waals surface area (Å²) in [4.78, 5) is 12.1. The Morgan fingerprint density at radius 2 is 1.83 bits per heavy atom. The first-order valence-corrected chi connectivity index (χ1v) is 7.63. The van der Waals surface area contributed by atoms with Gasteiger partial charge in [-0.05, 0) is 43.7 Å². The maximum atomic E-state index is 12.1. The maximum Gasteiger partial charge on any atom is 0.272 e. The quantitative estimate of drug-likeness (QED) is 0.810. The summed E-state index contributed by atoms with van der Waals surface area (Å²) in [6.07, 6.45) is 0. The summed E-state index contributed by atoms with van der Waals surface area (Å²) < 4.78 is 10.4. The van der Waals surface area contributed by atoms with Crippen LogP contribution in [0.25, 0.3) is 0 Å². The normalized spacial score (nSPS) is 10.4. The van der Waals surface area contributed by atoms with E-state index in [4.69, 9.17) is 9.47 Å². The second-order valence-electron chi connectivity index (χ2n) is 5.47. The Bertz CT molecular complexity index is 687. The van der Waals surface area contributed by atoms with Gasteiger partial charge in [-0.15, -0.1) is 10.2 Å². The number of benzene rings is 1. The third kappa shape index (κ3) is 4.58. The maximum absolute atomic E-state index is 12.1. The summed E-state index contributed by atoms with van der Waals surface area (Å²) in [6.45, 7) is 4.36. The Morgan fingerprint density at radius 3 is 2.42 bits per heavy atom. The van der Waals surface area contributed by atoms with Crippen molar-refractivity contribution in [1.29, 1.82) is 0 Å². The molecule has 2 aromatic rings. The molecule has 1 heterocycles. The van der Waals surface area contributed by atoms with E-state index in [9.17, 15) is 4.79 Å². The average Bonchev–Trinajstić information content (AvgIpc) is 2.59. The molecule has 7 nitrogen and oxygen atoms in total. The van der Waals surface area contributed by atoms with Gasteiger partial charge in [-0.25, -0.2) is 0 Å². The van der Waals surface area contributed by atoms with Crippen LogP contribution in [0.1, 0.15) is 29.9 Å². The van der Waals surface area contributed by atoms with E-state index >= 15 is 0 Å². The van der Waals surface area contributed by atoms with E-state index in [2.05, 4.69) is 20.8 Å². The molecule has 0 aliphatic heterocycles. The van der Waals surface area contributed by atoms with Crippen LogP contribution >= 0.6 is 0 Å². The van der Waals surface area contributed by atoms with Gasteiger partial charge in [0.05, 0.1) is 14.2 Å². The molecule has 2 N–H and O–H groups in total. The van der Waals surface area contributed by atoms with E-state index < -0.39 is 0 Å². The first-order valence-electron chi connectivity index (χ1n) is 7.63. The van der Waals surface area contributed by atoms with Gasteiger partial charge in [0.1, 0.15) is 5.82 Å². The molecule has 1 amide bonds. The first kappa shape index (κ1) is 17.5. The first-order chi connectivity index (χ1) is 11.5. The fraction of sp³-hybridized carbons (Fsp3) is 0.353. The molecular weight excluding hydrogens is 308 g/mol. The summed E-state index contributed by atoms with van der Waals surface area (Å²) in [7, 11) is 3.15. The number of carbonyl (C=O) groups excluding carboxylic acids is 1. The molecule has 0 unspecified atom stereocenters. The number of amides is 1. The molecule has 0 saturated carbocycles. The molecule has 1 aromatic heterocycles. The van der Waals surface area contributed by atoms with Crippen LogP contribution in [0, 0.1) is 0 Å². The van der Waals surface area contributed by atoms with Crippen molar-refractivity contribution in [2.45, 2.75) is 26.4 Å². The Balaban J connectivity index is 1.97. The highest BCUT2D eigenvalue weighted by atomic mass is 16.5.